The molecule has 0 aliphatic carbocycles. The molecule has 2 aromatic heterocycles. The fourth-order valence-electron chi connectivity index (χ4n) is 1.37. The van der Waals surface area contributed by atoms with Crippen LogP contribution >= 0.6 is 0 Å². The Labute approximate surface area is 110 Å². The number of pyridine rings is 1. The van der Waals surface area contributed by atoms with Crippen LogP contribution in [0.2, 0.25) is 0 Å². The number of aryl methyl sites for hydroxylation is 1. The van der Waals surface area contributed by atoms with Gasteiger partial charge in [-0.1, -0.05) is 0 Å². The molecule has 0 atom stereocenters. The molecule has 56 valence electrons. The summed E-state index contributed by atoms with van der Waals surface area (Å²) >= 11 is 0.730. The molecular formula is C9H9N2Rb. The third-order valence-corrected chi connectivity index (χ3v) is 4.21. The van der Waals surface area contributed by atoms with E-state index < -0.39 is 0 Å². The molecule has 0 amide bonds. The third-order valence-electron chi connectivity index (χ3n) is 2.20. The molecule has 0 radical (unpaired) electrons. The molecule has 0 fully saturated rings. The molecule has 2 rings (SSSR count). The van der Waals surface area contributed by atoms with E-state index in [2.05, 4.69) is 23.0 Å². The van der Waals surface area contributed by atoms with Crippen molar-refractivity contribution >= 4 is 66.6 Å². The van der Waals surface area contributed by atoms with Crippen molar-refractivity contribution in [2.75, 3.05) is 0 Å². The standard InChI is InChI=1S/C9H9N2.Rb/c1-6-3-8-7(2)5-11-9(8)10-4-6;/h3-5H,1H2,2H3,(H,10,11);. The van der Waals surface area contributed by atoms with E-state index in [4.69, 9.17) is 0 Å². The second-order valence-electron chi connectivity index (χ2n) is 3.06. The summed E-state index contributed by atoms with van der Waals surface area (Å²) in [5.41, 5.74) is 3.70. The average molecular weight is 231 g/mol. The van der Waals surface area contributed by atoms with Gasteiger partial charge in [0.25, 0.3) is 0 Å². The summed E-state index contributed by atoms with van der Waals surface area (Å²) in [6.07, 6.45) is 4.00. The summed E-state index contributed by atoms with van der Waals surface area (Å²) in [5, 5.41) is 1.28. The number of H-pyrrole nitrogens is 1. The van der Waals surface area contributed by atoms with Gasteiger partial charge in [0.1, 0.15) is 0 Å². The molecule has 0 saturated heterocycles. The van der Waals surface area contributed by atoms with Crippen molar-refractivity contribution in [1.82, 2.24) is 9.97 Å². The molecule has 3 heteroatoms. The van der Waals surface area contributed by atoms with E-state index in [9.17, 15) is 0 Å². The van der Waals surface area contributed by atoms with Gasteiger partial charge in [-0.05, 0) is 0 Å². The van der Waals surface area contributed by atoms with E-state index >= 15 is 0 Å². The quantitative estimate of drug-likeness (QED) is 0.791. The summed E-state index contributed by atoms with van der Waals surface area (Å²) < 4.78 is 1.26. The number of hydrogen-bond donors (Lipinski definition) is 1. The van der Waals surface area contributed by atoms with Crippen molar-refractivity contribution in [3.05, 3.63) is 29.6 Å². The van der Waals surface area contributed by atoms with Crippen LogP contribution in [0.5, 0.6) is 0 Å². The van der Waals surface area contributed by atoms with Crippen molar-refractivity contribution in [3.8, 4) is 0 Å². The first-order valence-corrected chi connectivity index (χ1v) is 7.71. The van der Waals surface area contributed by atoms with Gasteiger partial charge in [-0.3, -0.25) is 0 Å². The normalized spacial score (nSPS) is 10.9. The van der Waals surface area contributed by atoms with Crippen LogP contribution in [0.1, 0.15) is 11.1 Å². The Bertz CT molecular complexity index is 406. The van der Waals surface area contributed by atoms with E-state index in [-0.39, 0.29) is 0 Å². The average Bonchev–Trinajstić information content (AvgIpc) is 2.47. The zero-order chi connectivity index (χ0) is 8.55. The summed E-state index contributed by atoms with van der Waals surface area (Å²) in [6.45, 7) is 2.11. The Morgan fingerprint density at radius 3 is 3.17 bits per heavy atom. The summed E-state index contributed by atoms with van der Waals surface area (Å²) in [7, 11) is 0. The first-order chi connectivity index (χ1) is 5.81. The maximum atomic E-state index is 4.35. The predicted octanol–water partition coefficient (Wildman–Crippen LogP) is 1.54. The second kappa shape index (κ2) is 3.70. The van der Waals surface area contributed by atoms with E-state index in [0.717, 1.165) is 61.2 Å². The molecule has 0 unspecified atom stereocenters. The molecule has 0 aliphatic heterocycles. The van der Waals surface area contributed by atoms with Crippen molar-refractivity contribution < 1.29 is 0 Å². The molecule has 0 spiro atoms. The number of nitrogens with one attached hydrogen (secondary N) is 1. The topological polar surface area (TPSA) is 28.7 Å². The van der Waals surface area contributed by atoms with Crippen LogP contribution in [0.25, 0.3) is 11.0 Å². The van der Waals surface area contributed by atoms with E-state index in [1.165, 1.54) is 16.0 Å². The zero-order valence-electron chi connectivity index (χ0n) is 7.39. The first kappa shape index (κ1) is 9.07. The monoisotopic (exact) mass is 230 g/mol. The number of rotatable bonds is 1. The minimum absolute atomic E-state index is 0.730. The number of fused-ring (bicyclic) bond motifs is 1. The van der Waals surface area contributed by atoms with Gasteiger partial charge in [-0.25, -0.2) is 0 Å². The second-order valence-corrected chi connectivity index (χ2v) is 4.80. The number of nitrogens with zero attached hydrogens (tertiary/aromatic N) is 1. The summed E-state index contributed by atoms with van der Waals surface area (Å²) in [4.78, 5) is 7.50. The summed E-state index contributed by atoms with van der Waals surface area (Å²) in [6, 6.07) is 2.26. The van der Waals surface area contributed by atoms with Gasteiger partial charge < -0.3 is 0 Å². The fraction of sp³-hybridized carbons (Fsp3) is 0.222. The molecule has 2 nitrogen and oxygen atoms in total. The predicted molar refractivity (Wildman–Crippen MR) is 50.3 cm³/mol. The molecule has 1 N–H and O–H groups in total. The molecule has 0 saturated carbocycles. The summed E-state index contributed by atoms with van der Waals surface area (Å²) in [5.74, 6) is 0. The SMILES string of the molecule is Cc1c[nH]c2ncc([CH2][Rb])cc12. The van der Waals surface area contributed by atoms with Crippen LogP contribution in [0.4, 0.5) is 0 Å². The Morgan fingerprint density at radius 1 is 1.58 bits per heavy atom. The van der Waals surface area contributed by atoms with Crippen molar-refractivity contribution in [3.63, 3.8) is 0 Å². The van der Waals surface area contributed by atoms with E-state index in [1.54, 1.807) is 0 Å². The molecule has 0 aliphatic rings. The molecular weight excluding hydrogens is 222 g/mol. The van der Waals surface area contributed by atoms with Gasteiger partial charge in [0.2, 0.25) is 0 Å². The third kappa shape index (κ3) is 1.58. The minimum atomic E-state index is 0.730. The number of hydrogen-bond acceptors (Lipinski definition) is 1. The Kier molecular flexibility index (Phi) is 2.80. The first-order valence-electron chi connectivity index (χ1n) is 4.24. The molecule has 12 heavy (non-hydrogen) atoms. The Hall–Kier alpha value is 0.495. The van der Waals surface area contributed by atoms with Gasteiger partial charge in [-0.15, -0.1) is 0 Å². The maximum absolute atomic E-state index is 4.35. The van der Waals surface area contributed by atoms with Gasteiger partial charge in [0.05, 0.1) is 0 Å². The van der Waals surface area contributed by atoms with Gasteiger partial charge >= 0.3 is 113 Å². The van der Waals surface area contributed by atoms with Gasteiger partial charge in [0.15, 0.2) is 0 Å². The van der Waals surface area contributed by atoms with Crippen LogP contribution in [0.15, 0.2) is 18.5 Å². The van der Waals surface area contributed by atoms with Crippen molar-refractivity contribution in [2.45, 2.75) is 6.41 Å². The van der Waals surface area contributed by atoms with E-state index in [0.29, 0.717) is 0 Å². The zero-order valence-corrected chi connectivity index (χ0v) is 12.3. The van der Waals surface area contributed by atoms with E-state index in [1.807, 2.05) is 12.4 Å². The number of aromatic nitrogens is 2. The van der Waals surface area contributed by atoms with Crippen molar-refractivity contribution in [1.29, 1.82) is 0 Å². The Morgan fingerprint density at radius 2 is 2.42 bits per heavy atom. The van der Waals surface area contributed by atoms with Crippen molar-refractivity contribution in [2.24, 2.45) is 0 Å². The van der Waals surface area contributed by atoms with Crippen LogP contribution in [0, 0.1) is 6.92 Å². The molecule has 2 heterocycles. The Balaban J connectivity index is 2.71. The number of aromatic amines is 1. The molecule has 0 aromatic carbocycles. The van der Waals surface area contributed by atoms with Crippen LogP contribution in [0.3, 0.4) is 0 Å². The molecule has 2 aromatic rings. The van der Waals surface area contributed by atoms with Gasteiger partial charge in [-0.2, -0.15) is 0 Å². The van der Waals surface area contributed by atoms with Crippen LogP contribution in [-0.4, -0.2) is 65.5 Å². The van der Waals surface area contributed by atoms with Crippen LogP contribution < -0.4 is 0 Å². The fourth-order valence-corrected chi connectivity index (χ4v) is 2.32. The van der Waals surface area contributed by atoms with Crippen LogP contribution in [-0.2, 0) is -0.511 Å². The molecule has 0 bridgehead atoms. The van der Waals surface area contributed by atoms with Gasteiger partial charge in [0, 0.05) is 0 Å².